The third kappa shape index (κ3) is 4.12. The highest BCUT2D eigenvalue weighted by atomic mass is 127. The lowest BCUT2D eigenvalue weighted by atomic mass is 10.1. The zero-order chi connectivity index (χ0) is 17.0. The Morgan fingerprint density at radius 1 is 1.14 bits per heavy atom. The van der Waals surface area contributed by atoms with Gasteiger partial charge in [-0.1, -0.05) is 0 Å². The average Bonchev–Trinajstić information content (AvgIpc) is 2.50. The molecule has 122 valence electrons. The van der Waals surface area contributed by atoms with Gasteiger partial charge in [-0.05, 0) is 67.8 Å². The van der Waals surface area contributed by atoms with Crippen LogP contribution in [0.3, 0.4) is 0 Å². The molecular weight excluding hydrogens is 633 g/mol. The number of rotatable bonds is 5. The number of anilines is 1. The summed E-state index contributed by atoms with van der Waals surface area (Å²) < 4.78 is 6.14. The molecule has 0 aliphatic carbocycles. The number of carbonyl (C=O) groups is 2. The van der Waals surface area contributed by atoms with Gasteiger partial charge in [-0.3, -0.25) is 4.79 Å². The molecule has 0 spiro atoms. The van der Waals surface area contributed by atoms with Crippen molar-refractivity contribution in [3.8, 4) is 0 Å². The molecule has 7 nitrogen and oxygen atoms in total. The summed E-state index contributed by atoms with van der Waals surface area (Å²) in [7, 11) is 1.25. The molecule has 1 amide bonds. The minimum Gasteiger partial charge on any atom is -0.465 e. The molecule has 0 radical (unpaired) electrons. The molecule has 1 aromatic rings. The topological polar surface area (TPSA) is 122 Å². The number of aliphatic hydroxyl groups is 2. The number of aliphatic hydroxyl groups excluding tert-OH is 2. The van der Waals surface area contributed by atoms with Gasteiger partial charge in [0.25, 0.3) is 5.91 Å². The summed E-state index contributed by atoms with van der Waals surface area (Å²) in [5.74, 6) is -1.12. The standard InChI is InChI=1S/C12H13I3N2O5/c1-22-12(21)6-7(13)5(8(14)10(16)9(6)15)11(20)17-4(2-18)3-19/h4,18-19H,2-3,16H2,1H3,(H,17,20). The Labute approximate surface area is 167 Å². The molecule has 0 fully saturated rings. The Bertz CT molecular complexity index is 605. The summed E-state index contributed by atoms with van der Waals surface area (Å²) in [6, 6.07) is -0.791. The summed E-state index contributed by atoms with van der Waals surface area (Å²) >= 11 is 5.73. The fraction of sp³-hybridized carbons (Fsp3) is 0.333. The van der Waals surface area contributed by atoms with E-state index >= 15 is 0 Å². The first-order valence-electron chi connectivity index (χ1n) is 5.86. The molecule has 5 N–H and O–H groups in total. The van der Waals surface area contributed by atoms with Crippen LogP contribution in [0.4, 0.5) is 5.69 Å². The molecular formula is C12H13I3N2O5. The number of hydrogen-bond acceptors (Lipinski definition) is 6. The lowest BCUT2D eigenvalue weighted by Gasteiger charge is -2.18. The predicted molar refractivity (Wildman–Crippen MR) is 106 cm³/mol. The maximum atomic E-state index is 12.4. The van der Waals surface area contributed by atoms with Crippen molar-refractivity contribution < 1.29 is 24.5 Å². The normalized spacial score (nSPS) is 10.7. The quantitative estimate of drug-likeness (QED) is 0.215. The first kappa shape index (κ1) is 20.1. The predicted octanol–water partition coefficient (Wildman–Crippen LogP) is 0.952. The fourth-order valence-electron chi connectivity index (χ4n) is 1.57. The fourth-order valence-corrected chi connectivity index (χ4v) is 5.67. The van der Waals surface area contributed by atoms with Gasteiger partial charge >= 0.3 is 5.97 Å². The lowest BCUT2D eigenvalue weighted by molar-refractivity contribution is 0.0598. The van der Waals surface area contributed by atoms with Crippen molar-refractivity contribution >= 4 is 85.3 Å². The second kappa shape index (κ2) is 8.79. The first-order valence-corrected chi connectivity index (χ1v) is 9.10. The molecule has 0 atom stereocenters. The molecule has 1 rings (SSSR count). The Hall–Kier alpha value is 0.0700. The largest absolute Gasteiger partial charge is 0.465 e. The van der Waals surface area contributed by atoms with Gasteiger partial charge in [-0.2, -0.15) is 0 Å². The molecule has 0 bridgehead atoms. The second-order valence-electron chi connectivity index (χ2n) is 4.13. The van der Waals surface area contributed by atoms with Crippen molar-refractivity contribution in [1.82, 2.24) is 5.32 Å². The highest BCUT2D eigenvalue weighted by Gasteiger charge is 2.28. The number of methoxy groups -OCH3 is 1. The van der Waals surface area contributed by atoms with Crippen LogP contribution in [0, 0.1) is 10.7 Å². The Morgan fingerprint density at radius 2 is 1.64 bits per heavy atom. The monoisotopic (exact) mass is 646 g/mol. The molecule has 0 unspecified atom stereocenters. The van der Waals surface area contributed by atoms with Crippen LogP contribution in [-0.2, 0) is 4.74 Å². The third-order valence-corrected chi connectivity index (χ3v) is 6.06. The summed E-state index contributed by atoms with van der Waals surface area (Å²) in [5.41, 5.74) is 6.71. The number of ether oxygens (including phenoxy) is 1. The number of esters is 1. The van der Waals surface area contributed by atoms with Gasteiger partial charge in [-0.25, -0.2) is 4.79 Å². The highest BCUT2D eigenvalue weighted by molar-refractivity contribution is 14.1. The Balaban J connectivity index is 3.45. The summed E-state index contributed by atoms with van der Waals surface area (Å²) in [6.07, 6.45) is 0. The minimum atomic E-state index is -0.791. The van der Waals surface area contributed by atoms with Crippen LogP contribution in [0.5, 0.6) is 0 Å². The molecule has 1 aromatic carbocycles. The molecule has 0 heterocycles. The van der Waals surface area contributed by atoms with Crippen molar-refractivity contribution in [3.05, 3.63) is 21.8 Å². The van der Waals surface area contributed by atoms with E-state index in [1.165, 1.54) is 7.11 Å². The summed E-state index contributed by atoms with van der Waals surface area (Å²) in [4.78, 5) is 24.3. The average molecular weight is 646 g/mol. The smallest absolute Gasteiger partial charge is 0.340 e. The van der Waals surface area contributed by atoms with Crippen molar-refractivity contribution in [2.75, 3.05) is 26.1 Å². The van der Waals surface area contributed by atoms with Crippen LogP contribution in [0.1, 0.15) is 20.7 Å². The Kier molecular flexibility index (Phi) is 8.04. The molecule has 0 saturated carbocycles. The Morgan fingerprint density at radius 3 is 2.09 bits per heavy atom. The van der Waals surface area contributed by atoms with Crippen molar-refractivity contribution in [1.29, 1.82) is 0 Å². The van der Waals surface area contributed by atoms with Crippen LogP contribution in [0.25, 0.3) is 0 Å². The number of nitrogen functional groups attached to an aromatic ring is 1. The van der Waals surface area contributed by atoms with Crippen LogP contribution in [0.15, 0.2) is 0 Å². The maximum absolute atomic E-state index is 12.4. The van der Waals surface area contributed by atoms with Crippen LogP contribution >= 0.6 is 67.8 Å². The molecule has 0 aliphatic heterocycles. The van der Waals surface area contributed by atoms with E-state index in [0.717, 1.165) is 0 Å². The highest BCUT2D eigenvalue weighted by Crippen LogP contribution is 2.34. The molecule has 22 heavy (non-hydrogen) atoms. The van der Waals surface area contributed by atoms with Gasteiger partial charge in [0.05, 0.1) is 50.3 Å². The lowest BCUT2D eigenvalue weighted by Crippen LogP contribution is -2.41. The van der Waals surface area contributed by atoms with E-state index in [9.17, 15) is 9.59 Å². The van der Waals surface area contributed by atoms with Gasteiger partial charge in [0, 0.05) is 3.57 Å². The van der Waals surface area contributed by atoms with Crippen LogP contribution in [-0.4, -0.2) is 48.5 Å². The van der Waals surface area contributed by atoms with Crippen LogP contribution in [0.2, 0.25) is 0 Å². The number of carbonyl (C=O) groups excluding carboxylic acids is 2. The molecule has 10 heteroatoms. The van der Waals surface area contributed by atoms with Gasteiger partial charge in [0.2, 0.25) is 0 Å². The minimum absolute atomic E-state index is 0.214. The van der Waals surface area contributed by atoms with Crippen LogP contribution < -0.4 is 11.1 Å². The van der Waals surface area contributed by atoms with E-state index in [4.69, 9.17) is 20.7 Å². The maximum Gasteiger partial charge on any atom is 0.340 e. The molecule has 0 aromatic heterocycles. The van der Waals surface area contributed by atoms with E-state index in [0.29, 0.717) is 16.4 Å². The van der Waals surface area contributed by atoms with Gasteiger partial charge in [0.15, 0.2) is 0 Å². The number of amides is 1. The second-order valence-corrected chi connectivity index (χ2v) is 7.37. The summed E-state index contributed by atoms with van der Waals surface area (Å²) in [6.45, 7) is -0.807. The number of benzene rings is 1. The van der Waals surface area contributed by atoms with E-state index in [-0.39, 0.29) is 11.1 Å². The van der Waals surface area contributed by atoms with Crippen molar-refractivity contribution in [2.24, 2.45) is 0 Å². The van der Waals surface area contributed by atoms with Crippen molar-refractivity contribution in [2.45, 2.75) is 6.04 Å². The zero-order valence-corrected chi connectivity index (χ0v) is 17.8. The van der Waals surface area contributed by atoms with Gasteiger partial charge in [0.1, 0.15) is 0 Å². The number of hydrogen-bond donors (Lipinski definition) is 4. The SMILES string of the molecule is COC(=O)c1c(I)c(N)c(I)c(C(=O)NC(CO)CO)c1I. The van der Waals surface area contributed by atoms with Gasteiger partial charge < -0.3 is 26.0 Å². The first-order chi connectivity index (χ1) is 10.3. The molecule has 0 aliphatic rings. The van der Waals surface area contributed by atoms with Crippen molar-refractivity contribution in [3.63, 3.8) is 0 Å². The summed E-state index contributed by atoms with van der Waals surface area (Å²) in [5, 5.41) is 20.6. The van der Waals surface area contributed by atoms with E-state index < -0.39 is 31.1 Å². The zero-order valence-electron chi connectivity index (χ0n) is 11.3. The van der Waals surface area contributed by atoms with E-state index in [1.807, 2.05) is 67.8 Å². The number of nitrogens with one attached hydrogen (secondary N) is 1. The van der Waals surface area contributed by atoms with E-state index in [1.54, 1.807) is 0 Å². The molecule has 0 saturated heterocycles. The number of nitrogens with two attached hydrogens (primary N) is 1. The number of halogens is 3. The van der Waals surface area contributed by atoms with Gasteiger partial charge in [-0.15, -0.1) is 0 Å². The third-order valence-electron chi connectivity index (χ3n) is 2.74. The van der Waals surface area contributed by atoms with E-state index in [2.05, 4.69) is 5.32 Å².